The summed E-state index contributed by atoms with van der Waals surface area (Å²) in [6.45, 7) is -0.0894. The molecule has 170 valence electrons. The lowest BCUT2D eigenvalue weighted by Gasteiger charge is -2.27. The molecular weight excluding hydrogens is 480 g/mol. The second-order valence-corrected chi connectivity index (χ2v) is 6.75. The van der Waals surface area contributed by atoms with Gasteiger partial charge in [0.05, 0.1) is 23.4 Å². The van der Waals surface area contributed by atoms with E-state index in [2.05, 4.69) is 5.10 Å². The molecule has 1 N–H and O–H groups in total. The lowest BCUT2D eigenvalue weighted by molar-refractivity contribution is -0.361. The third kappa shape index (κ3) is 5.65. The molecule has 13 heteroatoms. The van der Waals surface area contributed by atoms with Gasteiger partial charge < -0.3 is 9.47 Å². The van der Waals surface area contributed by atoms with Crippen molar-refractivity contribution in [1.82, 2.24) is 5.43 Å². The standard InChI is InChI=1S/C18H13Cl2F7N2O2/c1-30-14-4-2-3-11(8-28-29-18(26,27)16(21,22)17(23,24)25)15(14)31-9-10-5-6-12(19)13(20)7-10/h2-8,29H,9H2,1H3/b28-8-. The summed E-state index contributed by atoms with van der Waals surface area (Å²) < 4.78 is 99.7. The number of alkyl halides is 7. The van der Waals surface area contributed by atoms with E-state index in [0.29, 0.717) is 22.2 Å². The van der Waals surface area contributed by atoms with Crippen LogP contribution in [-0.2, 0) is 6.61 Å². The number of ether oxygens (including phenoxy) is 2. The lowest BCUT2D eigenvalue weighted by Crippen LogP contribution is -2.58. The molecule has 0 spiro atoms. The van der Waals surface area contributed by atoms with E-state index in [9.17, 15) is 30.7 Å². The topological polar surface area (TPSA) is 42.8 Å². The predicted octanol–water partition coefficient (Wildman–Crippen LogP) is 6.29. The first-order valence-corrected chi connectivity index (χ1v) is 8.92. The second kappa shape index (κ2) is 9.39. The number of benzene rings is 2. The number of rotatable bonds is 8. The van der Waals surface area contributed by atoms with E-state index >= 15 is 0 Å². The van der Waals surface area contributed by atoms with Crippen molar-refractivity contribution in [2.45, 2.75) is 24.8 Å². The number of methoxy groups -OCH3 is 1. The van der Waals surface area contributed by atoms with Crippen LogP contribution in [0.3, 0.4) is 0 Å². The first-order valence-electron chi connectivity index (χ1n) is 8.16. The number of hydrogen-bond donors (Lipinski definition) is 1. The Hall–Kier alpha value is -2.40. The Morgan fingerprint density at radius 3 is 2.26 bits per heavy atom. The molecular formula is C18H13Cl2F7N2O2. The number of hydrazone groups is 1. The largest absolute Gasteiger partial charge is 0.493 e. The molecule has 0 bridgehead atoms. The Labute approximate surface area is 181 Å². The van der Waals surface area contributed by atoms with Gasteiger partial charge in [-0.15, -0.1) is 0 Å². The van der Waals surface area contributed by atoms with Crippen LogP contribution in [0.1, 0.15) is 11.1 Å². The van der Waals surface area contributed by atoms with E-state index in [1.54, 1.807) is 6.07 Å². The number of para-hydroxylation sites is 1. The van der Waals surface area contributed by atoms with E-state index < -0.39 is 18.1 Å². The number of nitrogens with one attached hydrogen (secondary N) is 1. The zero-order chi connectivity index (χ0) is 23.4. The van der Waals surface area contributed by atoms with Gasteiger partial charge in [-0.1, -0.05) is 35.3 Å². The molecule has 0 aromatic heterocycles. The van der Waals surface area contributed by atoms with E-state index in [0.717, 1.165) is 0 Å². The minimum atomic E-state index is -6.48. The fourth-order valence-electron chi connectivity index (χ4n) is 2.17. The monoisotopic (exact) mass is 492 g/mol. The van der Waals surface area contributed by atoms with Crippen LogP contribution in [0.15, 0.2) is 41.5 Å². The van der Waals surface area contributed by atoms with Gasteiger partial charge in [-0.3, -0.25) is 0 Å². The average Bonchev–Trinajstić information content (AvgIpc) is 2.68. The van der Waals surface area contributed by atoms with E-state index in [4.69, 9.17) is 32.7 Å². The van der Waals surface area contributed by atoms with Crippen LogP contribution in [0.2, 0.25) is 10.0 Å². The summed E-state index contributed by atoms with van der Waals surface area (Å²) in [7, 11) is 1.28. The van der Waals surface area contributed by atoms with E-state index in [-0.39, 0.29) is 28.7 Å². The number of nitrogens with zero attached hydrogens (tertiary/aromatic N) is 1. The van der Waals surface area contributed by atoms with Crippen molar-refractivity contribution in [2.75, 3.05) is 7.11 Å². The van der Waals surface area contributed by atoms with Gasteiger partial charge in [-0.05, 0) is 29.8 Å². The number of hydrogen-bond acceptors (Lipinski definition) is 4. The van der Waals surface area contributed by atoms with Gasteiger partial charge in [0.2, 0.25) is 0 Å². The molecule has 0 saturated carbocycles. The summed E-state index contributed by atoms with van der Waals surface area (Å²) >= 11 is 11.7. The zero-order valence-electron chi connectivity index (χ0n) is 15.4. The van der Waals surface area contributed by atoms with E-state index in [1.165, 1.54) is 37.4 Å². The van der Waals surface area contributed by atoms with Crippen LogP contribution >= 0.6 is 23.2 Å². The van der Waals surface area contributed by atoms with Crippen LogP contribution in [0, 0.1) is 0 Å². The van der Waals surface area contributed by atoms with Gasteiger partial charge in [0.15, 0.2) is 11.5 Å². The van der Waals surface area contributed by atoms with Crippen molar-refractivity contribution in [1.29, 1.82) is 0 Å². The van der Waals surface area contributed by atoms with Crippen molar-refractivity contribution in [3.05, 3.63) is 57.6 Å². The molecule has 2 rings (SSSR count). The third-order valence-corrected chi connectivity index (χ3v) is 4.49. The molecule has 0 aliphatic heterocycles. The molecule has 0 fully saturated rings. The van der Waals surface area contributed by atoms with Gasteiger partial charge in [0.1, 0.15) is 6.61 Å². The van der Waals surface area contributed by atoms with Gasteiger partial charge >= 0.3 is 18.1 Å². The van der Waals surface area contributed by atoms with Crippen LogP contribution in [0.4, 0.5) is 30.7 Å². The Balaban J connectivity index is 2.24. The first-order chi connectivity index (χ1) is 14.3. The molecule has 31 heavy (non-hydrogen) atoms. The molecule has 0 saturated heterocycles. The van der Waals surface area contributed by atoms with Gasteiger partial charge in [0, 0.05) is 5.56 Å². The minimum Gasteiger partial charge on any atom is -0.493 e. The highest BCUT2D eigenvalue weighted by Crippen LogP contribution is 2.45. The van der Waals surface area contributed by atoms with Crippen LogP contribution in [0.5, 0.6) is 11.5 Å². The highest BCUT2D eigenvalue weighted by Gasteiger charge is 2.73. The SMILES string of the molecule is COc1cccc(/C=N\NC(F)(F)C(F)(F)C(F)(F)F)c1OCc1ccc(Cl)c(Cl)c1. The molecule has 0 aliphatic rings. The van der Waals surface area contributed by atoms with Crippen molar-refractivity contribution in [2.24, 2.45) is 5.10 Å². The number of halogens is 9. The summed E-state index contributed by atoms with van der Waals surface area (Å²) in [5.74, 6) is -6.26. The zero-order valence-corrected chi connectivity index (χ0v) is 16.9. The molecule has 0 unspecified atom stereocenters. The summed E-state index contributed by atoms with van der Waals surface area (Å²) in [5, 5.41) is 3.39. The van der Waals surface area contributed by atoms with Crippen LogP contribution < -0.4 is 14.9 Å². The second-order valence-electron chi connectivity index (χ2n) is 5.93. The average molecular weight is 493 g/mol. The maximum atomic E-state index is 13.3. The van der Waals surface area contributed by atoms with Gasteiger partial charge in [-0.2, -0.15) is 35.8 Å². The molecule has 0 aliphatic carbocycles. The van der Waals surface area contributed by atoms with Crippen LogP contribution in [0.25, 0.3) is 0 Å². The predicted molar refractivity (Wildman–Crippen MR) is 100 cm³/mol. The molecule has 0 heterocycles. The molecule has 4 nitrogen and oxygen atoms in total. The maximum Gasteiger partial charge on any atom is 0.462 e. The normalized spacial score (nSPS) is 12.8. The summed E-state index contributed by atoms with van der Waals surface area (Å²) in [5.41, 5.74) is 1.07. The van der Waals surface area contributed by atoms with E-state index in [1.807, 2.05) is 0 Å². The molecule has 2 aromatic carbocycles. The summed E-state index contributed by atoms with van der Waals surface area (Å²) in [6, 6.07) is 3.06. The van der Waals surface area contributed by atoms with Crippen molar-refractivity contribution in [3.63, 3.8) is 0 Å². The van der Waals surface area contributed by atoms with Gasteiger partial charge in [-0.25, -0.2) is 5.43 Å². The van der Waals surface area contributed by atoms with Gasteiger partial charge in [0.25, 0.3) is 0 Å². The Bertz CT molecular complexity index is 953. The summed E-state index contributed by atoms with van der Waals surface area (Å²) in [6.07, 6.45) is -5.89. The van der Waals surface area contributed by atoms with Crippen molar-refractivity contribution < 1.29 is 40.2 Å². The highest BCUT2D eigenvalue weighted by molar-refractivity contribution is 6.42. The fourth-order valence-corrected chi connectivity index (χ4v) is 2.49. The van der Waals surface area contributed by atoms with Crippen LogP contribution in [-0.4, -0.2) is 31.5 Å². The third-order valence-electron chi connectivity index (χ3n) is 3.76. The Morgan fingerprint density at radius 1 is 1.00 bits per heavy atom. The lowest BCUT2D eigenvalue weighted by atomic mass is 10.2. The van der Waals surface area contributed by atoms with Crippen molar-refractivity contribution in [3.8, 4) is 11.5 Å². The smallest absolute Gasteiger partial charge is 0.462 e. The van der Waals surface area contributed by atoms with Crippen molar-refractivity contribution >= 4 is 29.4 Å². The molecule has 2 aromatic rings. The molecule has 0 radical (unpaired) electrons. The molecule has 0 amide bonds. The Morgan fingerprint density at radius 2 is 1.68 bits per heavy atom. The fraction of sp³-hybridized carbons (Fsp3) is 0.278. The Kier molecular flexibility index (Phi) is 7.53. The summed E-state index contributed by atoms with van der Waals surface area (Å²) in [4.78, 5) is 0. The quantitative estimate of drug-likeness (QED) is 0.203. The maximum absolute atomic E-state index is 13.3. The molecule has 0 atom stereocenters. The first kappa shape index (κ1) is 24.9. The minimum absolute atomic E-state index is 0.0347. The highest BCUT2D eigenvalue weighted by atomic mass is 35.5.